The Labute approximate surface area is 197 Å². The van der Waals surface area contributed by atoms with Crippen molar-refractivity contribution in [3.63, 3.8) is 0 Å². The van der Waals surface area contributed by atoms with Crippen molar-refractivity contribution < 1.29 is 40.7 Å². The number of non-ortho nitro benzene ring substituents is 1. The second-order valence-corrected chi connectivity index (χ2v) is 9.78. The monoisotopic (exact) mass is 642 g/mol. The van der Waals surface area contributed by atoms with Gasteiger partial charge in [-0.25, -0.2) is 0 Å². The number of hydrogen-bond acceptors (Lipinski definition) is 5. The summed E-state index contributed by atoms with van der Waals surface area (Å²) in [5, 5.41) is 9.59. The molecule has 2 radical (unpaired) electrons. The Balaban J connectivity index is 0.000000519. The first-order valence-corrected chi connectivity index (χ1v) is 15.0. The molecule has 0 aliphatic heterocycles. The zero-order valence-electron chi connectivity index (χ0n) is 14.4. The number of benzene rings is 2. The Morgan fingerprint density at radius 1 is 0.871 bits per heavy atom. The minimum absolute atomic E-state index is 0.169. The van der Waals surface area contributed by atoms with Gasteiger partial charge in [0.2, 0.25) is 0 Å². The van der Waals surface area contributed by atoms with E-state index in [0.717, 1.165) is 24.3 Å². The van der Waals surface area contributed by atoms with Gasteiger partial charge in [-0.05, 0) is 24.3 Å². The van der Waals surface area contributed by atoms with E-state index in [2.05, 4.69) is 9.47 Å². The van der Waals surface area contributed by atoms with Crippen LogP contribution in [-0.4, -0.2) is 36.5 Å². The van der Waals surface area contributed by atoms with Gasteiger partial charge < -0.3 is 15.2 Å². The molecule has 0 amide bonds. The van der Waals surface area contributed by atoms with E-state index in [0.29, 0.717) is 0 Å². The summed E-state index contributed by atoms with van der Waals surface area (Å²) >= 11 is 9.96. The average molecular weight is 643 g/mol. The van der Waals surface area contributed by atoms with Crippen LogP contribution in [0.25, 0.3) is 0 Å². The standard InChI is InChI=1S/C7H3ClF3NO3.C7H5ClF3NO.2ClH.Sn/c8-5-3-4(12(13)14)1-2-6(5)15-7(9,10)11;8-5-3-4(12)1-2-6(5)13-7(9,10)11;;;/h1-3H;1-3H,12H2;2*1H;/q;;;;+2/p-2. The zero-order valence-corrected chi connectivity index (χ0v) is 20.3. The van der Waals surface area contributed by atoms with Crippen LogP contribution in [0.4, 0.5) is 37.7 Å². The number of rotatable bonds is 3. The zero-order chi connectivity index (χ0) is 24.4. The van der Waals surface area contributed by atoms with Crippen molar-refractivity contribution in [2.24, 2.45) is 0 Å². The van der Waals surface area contributed by atoms with E-state index in [4.69, 9.17) is 46.8 Å². The van der Waals surface area contributed by atoms with E-state index < -0.39 is 58.7 Å². The Morgan fingerprint density at radius 2 is 1.26 bits per heavy atom. The van der Waals surface area contributed by atoms with Crippen LogP contribution in [0.2, 0.25) is 10.0 Å². The maximum absolute atomic E-state index is 11.8. The van der Waals surface area contributed by atoms with E-state index in [9.17, 15) is 36.5 Å². The fraction of sp³-hybridized carbons (Fsp3) is 0.143. The molecule has 0 aliphatic rings. The van der Waals surface area contributed by atoms with Gasteiger partial charge in [0.05, 0.1) is 15.0 Å². The summed E-state index contributed by atoms with van der Waals surface area (Å²) in [6.07, 6.45) is -9.61. The molecule has 0 spiro atoms. The number of nitrogens with zero attached hydrogens (tertiary/aromatic N) is 1. The quantitative estimate of drug-likeness (QED) is 0.129. The molecule has 0 heterocycles. The van der Waals surface area contributed by atoms with E-state index in [1.807, 2.05) is 0 Å². The molecule has 17 heteroatoms. The summed E-state index contributed by atoms with van der Waals surface area (Å²) < 4.78 is 77.5. The molecule has 0 atom stereocenters. The van der Waals surface area contributed by atoms with Gasteiger partial charge in [-0.1, -0.05) is 23.2 Å². The summed E-state index contributed by atoms with van der Waals surface area (Å²) in [7, 11) is 9.87. The average Bonchev–Trinajstić information content (AvgIpc) is 2.58. The molecule has 31 heavy (non-hydrogen) atoms. The first-order chi connectivity index (χ1) is 14.1. The van der Waals surface area contributed by atoms with Crippen molar-refractivity contribution in [1.29, 1.82) is 0 Å². The van der Waals surface area contributed by atoms with Gasteiger partial charge in [0.15, 0.2) is 0 Å². The Bertz CT molecular complexity index is 874. The SMILES string of the molecule is Nc1ccc(OC(F)(F)F)c(Cl)c1.O=[N+]([O-])c1ccc(OC(F)(F)F)c(Cl)c1.[Cl][Sn][Cl]. The van der Waals surface area contributed by atoms with Crippen LogP contribution in [0.5, 0.6) is 11.5 Å². The molecule has 0 unspecified atom stereocenters. The fourth-order valence-corrected chi connectivity index (χ4v) is 1.98. The van der Waals surface area contributed by atoms with Crippen molar-refractivity contribution in [1.82, 2.24) is 0 Å². The summed E-state index contributed by atoms with van der Waals surface area (Å²) in [4.78, 5) is 9.46. The maximum atomic E-state index is 11.8. The normalized spacial score (nSPS) is 10.8. The van der Waals surface area contributed by atoms with Gasteiger partial charge in [0.25, 0.3) is 5.69 Å². The van der Waals surface area contributed by atoms with E-state index >= 15 is 0 Å². The van der Waals surface area contributed by atoms with Crippen LogP contribution in [-0.2, 0) is 0 Å². The molecule has 6 nitrogen and oxygen atoms in total. The molecule has 2 N–H and O–H groups in total. The molecule has 2 aromatic rings. The third-order valence-corrected chi connectivity index (χ3v) is 3.12. The second-order valence-electron chi connectivity index (χ2n) is 4.73. The number of nitrogens with two attached hydrogens (primary N) is 1. The molecule has 0 fully saturated rings. The van der Waals surface area contributed by atoms with Crippen molar-refractivity contribution in [2.75, 3.05) is 5.73 Å². The van der Waals surface area contributed by atoms with E-state index in [-0.39, 0.29) is 10.7 Å². The number of alkyl halides is 6. The van der Waals surface area contributed by atoms with Crippen LogP contribution in [0, 0.1) is 10.1 Å². The minimum atomic E-state index is -4.88. The van der Waals surface area contributed by atoms with Crippen molar-refractivity contribution in [3.8, 4) is 11.5 Å². The van der Waals surface area contributed by atoms with E-state index in [1.54, 1.807) is 0 Å². The van der Waals surface area contributed by atoms with Gasteiger partial charge in [-0.3, -0.25) is 10.1 Å². The molecule has 2 aromatic carbocycles. The van der Waals surface area contributed by atoms with Gasteiger partial charge in [-0.2, -0.15) is 0 Å². The number of nitrogen functional groups attached to an aromatic ring is 1. The van der Waals surface area contributed by atoms with Gasteiger partial charge >= 0.3 is 49.5 Å². The van der Waals surface area contributed by atoms with Gasteiger partial charge in [0.1, 0.15) is 11.5 Å². The van der Waals surface area contributed by atoms with Crippen LogP contribution in [0.15, 0.2) is 36.4 Å². The van der Waals surface area contributed by atoms with Crippen molar-refractivity contribution >= 4 is 71.3 Å². The number of ether oxygens (including phenoxy) is 2. The Hall–Kier alpha value is -1.22. The van der Waals surface area contributed by atoms with Crippen LogP contribution in [0.1, 0.15) is 0 Å². The molecule has 0 bridgehead atoms. The Kier molecular flexibility index (Phi) is 12.8. The molecule has 0 saturated heterocycles. The van der Waals surface area contributed by atoms with Crippen LogP contribution in [0.3, 0.4) is 0 Å². The molecule has 0 aromatic heterocycles. The fourth-order valence-electron chi connectivity index (χ4n) is 1.54. The third kappa shape index (κ3) is 13.7. The molecule has 0 aliphatic carbocycles. The first kappa shape index (κ1) is 29.8. The summed E-state index contributed by atoms with van der Waals surface area (Å²) in [5.74, 6) is -1.13. The molecular formula is C14H8Cl4F6N2O4Sn. The summed E-state index contributed by atoms with van der Waals surface area (Å²) in [6.45, 7) is 0. The third-order valence-electron chi connectivity index (χ3n) is 2.53. The topological polar surface area (TPSA) is 87.6 Å². The molecule has 172 valence electrons. The van der Waals surface area contributed by atoms with Crippen molar-refractivity contribution in [2.45, 2.75) is 12.7 Å². The second kappa shape index (κ2) is 13.4. The number of hydrogen-bond donors (Lipinski definition) is 1. The van der Waals surface area contributed by atoms with Crippen LogP contribution < -0.4 is 15.2 Å². The predicted molar refractivity (Wildman–Crippen MR) is 105 cm³/mol. The van der Waals surface area contributed by atoms with Crippen molar-refractivity contribution in [3.05, 3.63) is 56.6 Å². The number of halogens is 10. The van der Waals surface area contributed by atoms with Crippen LogP contribution >= 0.6 is 41.0 Å². The summed E-state index contributed by atoms with van der Waals surface area (Å²) in [6, 6.07) is 5.95. The number of nitro groups is 1. The molecule has 0 saturated carbocycles. The van der Waals surface area contributed by atoms with E-state index in [1.165, 1.54) is 12.1 Å². The Morgan fingerprint density at radius 3 is 1.58 bits per heavy atom. The van der Waals surface area contributed by atoms with Gasteiger partial charge in [-0.15, -0.1) is 26.3 Å². The first-order valence-electron chi connectivity index (χ1n) is 7.06. The predicted octanol–water partition coefficient (Wildman–Crippen LogP) is 6.97. The number of nitro benzene ring substituents is 1. The number of anilines is 1. The molecular weight excluding hydrogens is 635 g/mol. The van der Waals surface area contributed by atoms with Gasteiger partial charge in [0, 0.05) is 17.8 Å². The summed E-state index contributed by atoms with van der Waals surface area (Å²) in [5.41, 5.74) is 5.14. The molecule has 2 rings (SSSR count).